The minimum atomic E-state index is -0.415. The van der Waals surface area contributed by atoms with Gasteiger partial charge < -0.3 is 15.4 Å². The Morgan fingerprint density at radius 1 is 1.14 bits per heavy atom. The molecule has 1 aliphatic heterocycles. The highest BCUT2D eigenvalue weighted by Gasteiger charge is 2.43. The van der Waals surface area contributed by atoms with Gasteiger partial charge in [0.2, 0.25) is 0 Å². The molecule has 2 aliphatic rings. The molecule has 1 saturated carbocycles. The summed E-state index contributed by atoms with van der Waals surface area (Å²) in [6, 6.07) is 8.26. The lowest BCUT2D eigenvalue weighted by Gasteiger charge is -2.25. The van der Waals surface area contributed by atoms with Crippen LogP contribution < -0.4 is 5.73 Å². The zero-order valence-electron chi connectivity index (χ0n) is 13.7. The van der Waals surface area contributed by atoms with Gasteiger partial charge in [-0.15, -0.1) is 0 Å². The second kappa shape index (κ2) is 5.49. The van der Waals surface area contributed by atoms with Gasteiger partial charge in [-0.3, -0.25) is 0 Å². The second-order valence-corrected chi connectivity index (χ2v) is 7.74. The van der Waals surface area contributed by atoms with Gasteiger partial charge in [-0.2, -0.15) is 0 Å². The van der Waals surface area contributed by atoms with Crippen LogP contribution in [0, 0.1) is 11.8 Å². The zero-order valence-corrected chi connectivity index (χ0v) is 13.7. The van der Waals surface area contributed by atoms with E-state index in [0.717, 1.165) is 31.6 Å². The lowest BCUT2D eigenvalue weighted by molar-refractivity contribution is 0.0279. The predicted octanol–water partition coefficient (Wildman–Crippen LogP) is 3.63. The average Bonchev–Trinajstić information content (AvgIpc) is 2.95. The van der Waals surface area contributed by atoms with Crippen molar-refractivity contribution in [2.45, 2.75) is 45.1 Å². The summed E-state index contributed by atoms with van der Waals surface area (Å²) in [5, 5.41) is 0. The number of nitrogen functional groups attached to an aromatic ring is 1. The fourth-order valence-electron chi connectivity index (χ4n) is 3.82. The Kier molecular flexibility index (Phi) is 3.79. The summed E-state index contributed by atoms with van der Waals surface area (Å²) < 4.78 is 5.48. The Balaban J connectivity index is 1.58. The van der Waals surface area contributed by atoms with Crippen LogP contribution in [0.2, 0.25) is 0 Å². The van der Waals surface area contributed by atoms with Gasteiger partial charge in [0.1, 0.15) is 5.60 Å². The number of rotatable bonds is 1. The highest BCUT2D eigenvalue weighted by atomic mass is 16.6. The highest BCUT2D eigenvalue weighted by Crippen LogP contribution is 2.46. The summed E-state index contributed by atoms with van der Waals surface area (Å²) in [6.45, 7) is 7.42. The summed E-state index contributed by atoms with van der Waals surface area (Å²) in [5.74, 6) is 1.82. The number of benzene rings is 1. The number of nitrogens with two attached hydrogens (primary N) is 1. The third kappa shape index (κ3) is 3.21. The molecule has 0 aromatic heterocycles. The van der Waals surface area contributed by atoms with Crippen LogP contribution >= 0.6 is 0 Å². The molecule has 1 aromatic carbocycles. The van der Waals surface area contributed by atoms with Crippen molar-refractivity contribution < 1.29 is 9.53 Å². The summed E-state index contributed by atoms with van der Waals surface area (Å²) in [6.07, 6.45) is 2.16. The molecule has 2 fully saturated rings. The number of carbonyl (C=O) groups is 1. The number of likely N-dealkylation sites (tertiary alicyclic amines) is 1. The first-order valence-corrected chi connectivity index (χ1v) is 8.15. The molecule has 120 valence electrons. The molecule has 1 unspecified atom stereocenters. The summed E-state index contributed by atoms with van der Waals surface area (Å²) in [7, 11) is 0. The van der Waals surface area contributed by atoms with E-state index >= 15 is 0 Å². The van der Waals surface area contributed by atoms with Gasteiger partial charge in [0, 0.05) is 18.8 Å². The molecule has 22 heavy (non-hydrogen) atoms. The Bertz CT molecular complexity index is 533. The molecule has 1 saturated heterocycles. The Hall–Kier alpha value is -1.71. The third-order valence-corrected chi connectivity index (χ3v) is 4.81. The number of nitrogens with zero attached hydrogens (tertiary/aromatic N) is 1. The summed E-state index contributed by atoms with van der Waals surface area (Å²) >= 11 is 0. The van der Waals surface area contributed by atoms with Crippen molar-refractivity contribution in [2.24, 2.45) is 11.8 Å². The quantitative estimate of drug-likeness (QED) is 0.806. The second-order valence-electron chi connectivity index (χ2n) is 7.74. The number of anilines is 1. The molecule has 1 aromatic rings. The monoisotopic (exact) mass is 302 g/mol. The molecule has 0 bridgehead atoms. The van der Waals surface area contributed by atoms with Gasteiger partial charge in [0.25, 0.3) is 0 Å². The van der Waals surface area contributed by atoms with Gasteiger partial charge in [-0.05, 0) is 69.1 Å². The smallest absolute Gasteiger partial charge is 0.410 e. The molecule has 1 amide bonds. The minimum absolute atomic E-state index is 0.161. The minimum Gasteiger partial charge on any atom is -0.444 e. The molecule has 2 N–H and O–H groups in total. The first-order chi connectivity index (χ1) is 10.3. The largest absolute Gasteiger partial charge is 0.444 e. The predicted molar refractivity (Wildman–Crippen MR) is 87.6 cm³/mol. The van der Waals surface area contributed by atoms with Gasteiger partial charge >= 0.3 is 6.09 Å². The molecule has 4 heteroatoms. The highest BCUT2D eigenvalue weighted by molar-refractivity contribution is 5.68. The molecule has 0 spiro atoms. The van der Waals surface area contributed by atoms with E-state index in [1.807, 2.05) is 37.8 Å². The fourth-order valence-corrected chi connectivity index (χ4v) is 3.82. The maximum absolute atomic E-state index is 12.2. The van der Waals surface area contributed by atoms with Crippen LogP contribution in [0.5, 0.6) is 0 Å². The van der Waals surface area contributed by atoms with Crippen molar-refractivity contribution in [1.82, 2.24) is 4.90 Å². The third-order valence-electron chi connectivity index (χ3n) is 4.81. The normalized spacial score (nSPS) is 27.8. The van der Waals surface area contributed by atoms with Gasteiger partial charge in [-0.1, -0.05) is 12.1 Å². The van der Waals surface area contributed by atoms with Crippen molar-refractivity contribution >= 4 is 11.8 Å². The van der Waals surface area contributed by atoms with Crippen LogP contribution in [-0.4, -0.2) is 29.7 Å². The van der Waals surface area contributed by atoms with Crippen LogP contribution in [-0.2, 0) is 4.74 Å². The summed E-state index contributed by atoms with van der Waals surface area (Å²) in [4.78, 5) is 14.1. The van der Waals surface area contributed by atoms with E-state index in [4.69, 9.17) is 10.5 Å². The van der Waals surface area contributed by atoms with E-state index in [1.165, 1.54) is 5.56 Å². The van der Waals surface area contributed by atoms with E-state index in [2.05, 4.69) is 12.1 Å². The van der Waals surface area contributed by atoms with Crippen LogP contribution in [0.4, 0.5) is 10.5 Å². The molecule has 3 rings (SSSR count). The Morgan fingerprint density at radius 2 is 1.68 bits per heavy atom. The molecular formula is C18H26N2O2. The molecule has 1 heterocycles. The molecule has 3 atom stereocenters. The van der Waals surface area contributed by atoms with E-state index in [1.54, 1.807) is 0 Å². The van der Waals surface area contributed by atoms with Gasteiger partial charge in [0.05, 0.1) is 0 Å². The first kappa shape index (κ1) is 15.2. The Morgan fingerprint density at radius 3 is 2.18 bits per heavy atom. The van der Waals surface area contributed by atoms with E-state index in [-0.39, 0.29) is 6.09 Å². The number of amides is 1. The molecular weight excluding hydrogens is 276 g/mol. The van der Waals surface area contributed by atoms with Crippen molar-refractivity contribution in [3.05, 3.63) is 29.8 Å². The van der Waals surface area contributed by atoms with E-state index in [0.29, 0.717) is 17.8 Å². The first-order valence-electron chi connectivity index (χ1n) is 8.15. The topological polar surface area (TPSA) is 55.6 Å². The van der Waals surface area contributed by atoms with Gasteiger partial charge in [0.15, 0.2) is 0 Å². The van der Waals surface area contributed by atoms with E-state index in [9.17, 15) is 4.79 Å². The summed E-state index contributed by atoms with van der Waals surface area (Å²) in [5.41, 5.74) is 7.55. The maximum atomic E-state index is 12.2. The van der Waals surface area contributed by atoms with Crippen LogP contribution in [0.1, 0.15) is 45.1 Å². The fraction of sp³-hybridized carbons (Fsp3) is 0.611. The van der Waals surface area contributed by atoms with Crippen molar-refractivity contribution in [3.63, 3.8) is 0 Å². The van der Waals surface area contributed by atoms with Crippen LogP contribution in [0.25, 0.3) is 0 Å². The lowest BCUT2D eigenvalue weighted by atomic mass is 9.96. The number of carbonyl (C=O) groups excluding carboxylic acids is 1. The van der Waals surface area contributed by atoms with Crippen LogP contribution in [0.15, 0.2) is 24.3 Å². The lowest BCUT2D eigenvalue weighted by Crippen LogP contribution is -2.36. The van der Waals surface area contributed by atoms with Crippen molar-refractivity contribution in [1.29, 1.82) is 0 Å². The number of ether oxygens (including phenoxy) is 1. The van der Waals surface area contributed by atoms with Crippen molar-refractivity contribution in [3.8, 4) is 0 Å². The van der Waals surface area contributed by atoms with Gasteiger partial charge in [-0.25, -0.2) is 4.79 Å². The average molecular weight is 302 g/mol. The Labute approximate surface area is 132 Å². The molecule has 0 radical (unpaired) electrons. The molecule has 4 nitrogen and oxygen atoms in total. The van der Waals surface area contributed by atoms with Crippen LogP contribution in [0.3, 0.4) is 0 Å². The number of fused-ring (bicyclic) bond motifs is 1. The van der Waals surface area contributed by atoms with Crippen molar-refractivity contribution in [2.75, 3.05) is 18.8 Å². The number of hydrogen-bond acceptors (Lipinski definition) is 3. The zero-order chi connectivity index (χ0) is 15.9. The van der Waals surface area contributed by atoms with E-state index < -0.39 is 5.60 Å². The maximum Gasteiger partial charge on any atom is 0.410 e. The standard InChI is InChI=1S/C18H26N2O2/c1-18(2,3)22-17(21)20-10-14-8-13(9-15(14)11-20)12-4-6-16(19)7-5-12/h4-7,13-15H,8-11,19H2,1-3H3/t13?,14-,15+. The SMILES string of the molecule is CC(C)(C)OC(=O)N1C[C@H]2CC(c3ccc(N)cc3)C[C@H]2C1. The number of hydrogen-bond donors (Lipinski definition) is 1. The molecule has 1 aliphatic carbocycles.